The van der Waals surface area contributed by atoms with Crippen molar-refractivity contribution in [2.75, 3.05) is 0 Å². The van der Waals surface area contributed by atoms with Gasteiger partial charge in [0.05, 0.1) is 24.1 Å². The summed E-state index contributed by atoms with van der Waals surface area (Å²) in [5.41, 5.74) is 5.86. The number of nitrogens with zero attached hydrogens (tertiary/aromatic N) is 3. The third kappa shape index (κ3) is 4.18. The van der Waals surface area contributed by atoms with Crippen LogP contribution < -0.4 is 5.32 Å². The molecule has 4 aromatic rings. The number of aryl methyl sites for hydroxylation is 1. The van der Waals surface area contributed by atoms with Crippen LogP contribution in [-0.4, -0.2) is 26.7 Å². The maximum atomic E-state index is 13.4. The minimum absolute atomic E-state index is 0.145. The van der Waals surface area contributed by atoms with Gasteiger partial charge in [0.15, 0.2) is 0 Å². The van der Waals surface area contributed by atoms with E-state index in [0.717, 1.165) is 27.9 Å². The lowest BCUT2D eigenvalue weighted by Gasteiger charge is -2.26. The van der Waals surface area contributed by atoms with E-state index < -0.39 is 6.04 Å². The third-order valence-electron chi connectivity index (χ3n) is 6.03. The standard InChI is InChI=1S/C28H24N4O2/c1-19-15-30-22(16-29-19)17-31-27(33)26-24-13-7-8-14-25(24)28(34)32(26)18-21-11-5-6-12-23(21)20-9-3-2-4-10-20/h2-16,26H,17-18H2,1H3,(H,31,33). The first-order valence-electron chi connectivity index (χ1n) is 11.2. The number of rotatable bonds is 6. The summed E-state index contributed by atoms with van der Waals surface area (Å²) in [5.74, 6) is -0.383. The summed E-state index contributed by atoms with van der Waals surface area (Å²) < 4.78 is 0. The van der Waals surface area contributed by atoms with Gasteiger partial charge >= 0.3 is 0 Å². The lowest BCUT2D eigenvalue weighted by molar-refractivity contribution is -0.125. The molecule has 0 radical (unpaired) electrons. The molecule has 0 bridgehead atoms. The normalized spacial score (nSPS) is 14.7. The molecule has 6 heteroatoms. The summed E-state index contributed by atoms with van der Waals surface area (Å²) in [6.07, 6.45) is 3.32. The van der Waals surface area contributed by atoms with E-state index in [4.69, 9.17) is 0 Å². The fourth-order valence-electron chi connectivity index (χ4n) is 4.34. The zero-order chi connectivity index (χ0) is 23.5. The molecule has 0 spiro atoms. The molecule has 1 aliphatic heterocycles. The van der Waals surface area contributed by atoms with Gasteiger partial charge in [0.25, 0.3) is 5.91 Å². The van der Waals surface area contributed by atoms with E-state index >= 15 is 0 Å². The Hall–Kier alpha value is -4.32. The van der Waals surface area contributed by atoms with Crippen LogP contribution in [-0.2, 0) is 17.9 Å². The molecule has 6 nitrogen and oxygen atoms in total. The van der Waals surface area contributed by atoms with Gasteiger partial charge in [-0.3, -0.25) is 19.6 Å². The van der Waals surface area contributed by atoms with Crippen LogP contribution in [0.25, 0.3) is 11.1 Å². The summed E-state index contributed by atoms with van der Waals surface area (Å²) >= 11 is 0. The van der Waals surface area contributed by atoms with Crippen LogP contribution in [0.5, 0.6) is 0 Å². The molecule has 168 valence electrons. The van der Waals surface area contributed by atoms with Crippen molar-refractivity contribution in [2.24, 2.45) is 0 Å². The lowest BCUT2D eigenvalue weighted by Crippen LogP contribution is -2.38. The molecular weight excluding hydrogens is 424 g/mol. The summed E-state index contributed by atoms with van der Waals surface area (Å²) in [6.45, 7) is 2.43. The first-order chi connectivity index (χ1) is 16.6. The highest BCUT2D eigenvalue weighted by Gasteiger charge is 2.41. The smallest absolute Gasteiger partial charge is 0.255 e. The minimum Gasteiger partial charge on any atom is -0.348 e. The highest BCUT2D eigenvalue weighted by atomic mass is 16.2. The number of aromatic nitrogens is 2. The van der Waals surface area contributed by atoms with Crippen molar-refractivity contribution >= 4 is 11.8 Å². The van der Waals surface area contributed by atoms with Gasteiger partial charge in [0.1, 0.15) is 6.04 Å². The average molecular weight is 449 g/mol. The zero-order valence-electron chi connectivity index (χ0n) is 18.8. The Balaban J connectivity index is 1.45. The van der Waals surface area contributed by atoms with Gasteiger partial charge < -0.3 is 10.2 Å². The number of benzene rings is 3. The van der Waals surface area contributed by atoms with Crippen molar-refractivity contribution in [3.05, 3.63) is 119 Å². The van der Waals surface area contributed by atoms with Gasteiger partial charge in [-0.2, -0.15) is 0 Å². The van der Waals surface area contributed by atoms with Crippen LogP contribution in [0, 0.1) is 6.92 Å². The molecule has 1 aliphatic rings. The summed E-state index contributed by atoms with van der Waals surface area (Å²) in [6, 6.07) is 24.7. The van der Waals surface area contributed by atoms with Crippen LogP contribution >= 0.6 is 0 Å². The monoisotopic (exact) mass is 448 g/mol. The quantitative estimate of drug-likeness (QED) is 0.472. The zero-order valence-corrected chi connectivity index (χ0v) is 18.8. The second-order valence-electron chi connectivity index (χ2n) is 8.31. The number of hydrogen-bond donors (Lipinski definition) is 1. The molecule has 2 amide bonds. The van der Waals surface area contributed by atoms with Crippen molar-refractivity contribution in [2.45, 2.75) is 26.1 Å². The van der Waals surface area contributed by atoms with Crippen LogP contribution in [0.2, 0.25) is 0 Å². The van der Waals surface area contributed by atoms with Gasteiger partial charge in [-0.15, -0.1) is 0 Å². The second kappa shape index (κ2) is 9.27. The number of nitrogens with one attached hydrogen (secondary N) is 1. The van der Waals surface area contributed by atoms with Crippen LogP contribution in [0.1, 0.15) is 38.9 Å². The van der Waals surface area contributed by atoms with Crippen molar-refractivity contribution in [1.82, 2.24) is 20.2 Å². The molecule has 3 aromatic carbocycles. The van der Waals surface area contributed by atoms with Gasteiger partial charge in [0.2, 0.25) is 5.91 Å². The van der Waals surface area contributed by atoms with Crippen molar-refractivity contribution < 1.29 is 9.59 Å². The predicted octanol–water partition coefficient (Wildman–Crippen LogP) is 4.47. The molecule has 1 atom stereocenters. The molecule has 1 unspecified atom stereocenters. The fourth-order valence-corrected chi connectivity index (χ4v) is 4.34. The molecule has 5 rings (SSSR count). The number of carbonyl (C=O) groups is 2. The van der Waals surface area contributed by atoms with E-state index in [1.54, 1.807) is 23.4 Å². The average Bonchev–Trinajstić information content (AvgIpc) is 3.16. The van der Waals surface area contributed by atoms with E-state index in [2.05, 4.69) is 15.3 Å². The first-order valence-corrected chi connectivity index (χ1v) is 11.2. The number of hydrogen-bond acceptors (Lipinski definition) is 4. The maximum absolute atomic E-state index is 13.4. The Morgan fingerprint density at radius 1 is 0.882 bits per heavy atom. The van der Waals surface area contributed by atoms with E-state index in [-0.39, 0.29) is 18.4 Å². The number of carbonyl (C=O) groups excluding carboxylic acids is 2. The largest absolute Gasteiger partial charge is 0.348 e. The molecule has 1 aromatic heterocycles. The van der Waals surface area contributed by atoms with Crippen molar-refractivity contribution in [3.63, 3.8) is 0 Å². The Kier molecular flexibility index (Phi) is 5.87. The Labute approximate surface area is 198 Å². The summed E-state index contributed by atoms with van der Waals surface area (Å²) in [5, 5.41) is 2.95. The molecule has 1 N–H and O–H groups in total. The number of fused-ring (bicyclic) bond motifs is 1. The van der Waals surface area contributed by atoms with Gasteiger partial charge in [-0.25, -0.2) is 0 Å². The van der Waals surface area contributed by atoms with E-state index in [1.807, 2.05) is 79.7 Å². The van der Waals surface area contributed by atoms with Crippen LogP contribution in [0.3, 0.4) is 0 Å². The minimum atomic E-state index is -0.717. The Morgan fingerprint density at radius 3 is 2.35 bits per heavy atom. The number of amides is 2. The van der Waals surface area contributed by atoms with Crippen molar-refractivity contribution in [1.29, 1.82) is 0 Å². The molecule has 0 fully saturated rings. The third-order valence-corrected chi connectivity index (χ3v) is 6.03. The van der Waals surface area contributed by atoms with Crippen LogP contribution in [0.15, 0.2) is 91.3 Å². The molecule has 34 heavy (non-hydrogen) atoms. The van der Waals surface area contributed by atoms with E-state index in [1.165, 1.54) is 0 Å². The lowest BCUT2D eigenvalue weighted by atomic mass is 9.99. The summed E-state index contributed by atoms with van der Waals surface area (Å²) in [4.78, 5) is 37.0. The topological polar surface area (TPSA) is 75.2 Å². The highest BCUT2D eigenvalue weighted by molar-refractivity contribution is 6.04. The molecular formula is C28H24N4O2. The first kappa shape index (κ1) is 21.5. The van der Waals surface area contributed by atoms with E-state index in [9.17, 15) is 9.59 Å². The SMILES string of the molecule is Cc1cnc(CNC(=O)C2c3ccccc3C(=O)N2Cc2ccccc2-c2ccccc2)cn1. The maximum Gasteiger partial charge on any atom is 0.255 e. The van der Waals surface area contributed by atoms with Gasteiger partial charge in [-0.05, 0) is 35.2 Å². The highest BCUT2D eigenvalue weighted by Crippen LogP contribution is 2.36. The van der Waals surface area contributed by atoms with Crippen molar-refractivity contribution in [3.8, 4) is 11.1 Å². The van der Waals surface area contributed by atoms with E-state index in [0.29, 0.717) is 17.8 Å². The summed E-state index contributed by atoms with van der Waals surface area (Å²) in [7, 11) is 0. The fraction of sp³-hybridized carbons (Fsp3) is 0.143. The molecule has 0 saturated carbocycles. The molecule has 0 aliphatic carbocycles. The second-order valence-corrected chi connectivity index (χ2v) is 8.31. The Bertz CT molecular complexity index is 1340. The molecule has 0 saturated heterocycles. The Morgan fingerprint density at radius 2 is 1.59 bits per heavy atom. The molecule has 2 heterocycles. The predicted molar refractivity (Wildman–Crippen MR) is 130 cm³/mol. The van der Waals surface area contributed by atoms with Gasteiger partial charge in [0, 0.05) is 18.3 Å². The van der Waals surface area contributed by atoms with Crippen LogP contribution in [0.4, 0.5) is 0 Å². The van der Waals surface area contributed by atoms with Gasteiger partial charge in [-0.1, -0.05) is 72.8 Å².